The SMILES string of the molecule is CCC(c1nnnn1CCc1ccccc1)N(Cc1ccc2c(c1)OCO2)Cc1cc2c(C)cc(C)cc2[nH]c1=O. The van der Waals surface area contributed by atoms with Gasteiger partial charge in [0.2, 0.25) is 6.79 Å². The smallest absolute Gasteiger partial charge is 0.252 e. The molecule has 0 spiro atoms. The summed E-state index contributed by atoms with van der Waals surface area (Å²) in [5, 5.41) is 13.9. The third kappa shape index (κ3) is 5.71. The van der Waals surface area contributed by atoms with Crippen LogP contribution in [0.2, 0.25) is 0 Å². The van der Waals surface area contributed by atoms with Crippen LogP contribution in [0.1, 0.15) is 53.0 Å². The molecule has 5 aromatic rings. The molecule has 2 aromatic heterocycles. The van der Waals surface area contributed by atoms with Crippen molar-refractivity contribution in [3.05, 3.63) is 111 Å². The molecule has 3 heterocycles. The van der Waals surface area contributed by atoms with Gasteiger partial charge in [-0.1, -0.05) is 49.4 Å². The first kappa shape index (κ1) is 26.7. The molecular formula is C32H34N6O3. The summed E-state index contributed by atoms with van der Waals surface area (Å²) in [4.78, 5) is 18.8. The summed E-state index contributed by atoms with van der Waals surface area (Å²) in [6.07, 6.45) is 1.58. The van der Waals surface area contributed by atoms with Gasteiger partial charge in [-0.05, 0) is 83.6 Å². The number of nitrogens with one attached hydrogen (secondary N) is 1. The molecule has 0 fully saturated rings. The predicted octanol–water partition coefficient (Wildman–Crippen LogP) is 5.26. The maximum absolute atomic E-state index is 13.4. The number of hydrogen-bond donors (Lipinski definition) is 1. The number of H-pyrrole nitrogens is 1. The van der Waals surface area contributed by atoms with Gasteiger partial charge in [0.25, 0.3) is 5.56 Å². The maximum atomic E-state index is 13.4. The Labute approximate surface area is 238 Å². The lowest BCUT2D eigenvalue weighted by molar-refractivity contribution is 0.160. The van der Waals surface area contributed by atoms with Crippen LogP contribution in [0.3, 0.4) is 0 Å². The van der Waals surface area contributed by atoms with Crippen LogP contribution in [-0.4, -0.2) is 36.9 Å². The number of aryl methyl sites for hydroxylation is 4. The fourth-order valence-electron chi connectivity index (χ4n) is 5.70. The highest BCUT2D eigenvalue weighted by Crippen LogP contribution is 2.34. The molecule has 1 N–H and O–H groups in total. The standard InChI is InChI=1S/C32H34N6O3/c1-4-28(31-34-35-36-38(31)13-12-23-8-6-5-7-9-23)37(18-24-10-11-29-30(16-24)41-20-40-29)19-25-17-26-22(3)14-21(2)15-27(26)33-32(25)39/h5-11,14-17,28H,4,12-13,18-20H2,1-3H3,(H,33,39). The first-order valence-electron chi connectivity index (χ1n) is 14.0. The Morgan fingerprint density at radius 2 is 1.80 bits per heavy atom. The lowest BCUT2D eigenvalue weighted by Crippen LogP contribution is -2.32. The molecule has 3 aromatic carbocycles. The summed E-state index contributed by atoms with van der Waals surface area (Å²) >= 11 is 0. The Bertz CT molecular complexity index is 1730. The molecule has 0 radical (unpaired) electrons. The Hall–Kier alpha value is -4.50. The van der Waals surface area contributed by atoms with E-state index >= 15 is 0 Å². The predicted molar refractivity (Wildman–Crippen MR) is 157 cm³/mol. The second kappa shape index (κ2) is 11.5. The second-order valence-corrected chi connectivity index (χ2v) is 10.7. The van der Waals surface area contributed by atoms with E-state index in [1.54, 1.807) is 0 Å². The largest absolute Gasteiger partial charge is 0.454 e. The van der Waals surface area contributed by atoms with Crippen molar-refractivity contribution in [2.75, 3.05) is 6.79 Å². The van der Waals surface area contributed by atoms with E-state index in [1.165, 1.54) is 5.56 Å². The Kier molecular flexibility index (Phi) is 7.52. The minimum Gasteiger partial charge on any atom is -0.454 e. The highest BCUT2D eigenvalue weighted by molar-refractivity contribution is 5.83. The molecular weight excluding hydrogens is 516 g/mol. The van der Waals surface area contributed by atoms with Crippen LogP contribution >= 0.6 is 0 Å². The monoisotopic (exact) mass is 550 g/mol. The number of hydrogen-bond acceptors (Lipinski definition) is 7. The van der Waals surface area contributed by atoms with Crippen LogP contribution < -0.4 is 15.0 Å². The number of ether oxygens (including phenoxy) is 2. The molecule has 210 valence electrons. The molecule has 41 heavy (non-hydrogen) atoms. The summed E-state index contributed by atoms with van der Waals surface area (Å²) in [6.45, 7) is 8.14. The zero-order chi connectivity index (χ0) is 28.3. The number of fused-ring (bicyclic) bond motifs is 2. The molecule has 1 atom stereocenters. The Balaban J connectivity index is 1.35. The van der Waals surface area contributed by atoms with Crippen molar-refractivity contribution in [3.63, 3.8) is 0 Å². The van der Waals surface area contributed by atoms with Gasteiger partial charge in [-0.25, -0.2) is 4.68 Å². The molecule has 0 amide bonds. The third-order valence-corrected chi connectivity index (χ3v) is 7.73. The summed E-state index contributed by atoms with van der Waals surface area (Å²) in [6, 6.07) is 22.4. The van der Waals surface area contributed by atoms with E-state index in [-0.39, 0.29) is 18.4 Å². The van der Waals surface area contributed by atoms with Crippen LogP contribution in [0.4, 0.5) is 0 Å². The van der Waals surface area contributed by atoms with E-state index < -0.39 is 0 Å². The van der Waals surface area contributed by atoms with Gasteiger partial charge in [0.05, 0.1) is 6.04 Å². The fraction of sp³-hybridized carbons (Fsp3) is 0.312. The number of aromatic amines is 1. The van der Waals surface area contributed by atoms with Gasteiger partial charge in [-0.15, -0.1) is 5.10 Å². The maximum Gasteiger partial charge on any atom is 0.252 e. The molecule has 0 aliphatic carbocycles. The molecule has 9 heteroatoms. The van der Waals surface area contributed by atoms with E-state index in [0.29, 0.717) is 25.2 Å². The zero-order valence-corrected chi connectivity index (χ0v) is 23.6. The average molecular weight is 551 g/mol. The highest BCUT2D eigenvalue weighted by atomic mass is 16.7. The van der Waals surface area contributed by atoms with Gasteiger partial charge < -0.3 is 14.5 Å². The van der Waals surface area contributed by atoms with Gasteiger partial charge in [0.15, 0.2) is 17.3 Å². The lowest BCUT2D eigenvalue weighted by atomic mass is 10.0. The van der Waals surface area contributed by atoms with Gasteiger partial charge >= 0.3 is 0 Å². The van der Waals surface area contributed by atoms with Crippen molar-refractivity contribution in [2.24, 2.45) is 0 Å². The van der Waals surface area contributed by atoms with Crippen molar-refractivity contribution < 1.29 is 9.47 Å². The molecule has 0 bridgehead atoms. The number of nitrogens with zero attached hydrogens (tertiary/aromatic N) is 5. The van der Waals surface area contributed by atoms with E-state index in [4.69, 9.17) is 9.47 Å². The number of aromatic nitrogens is 5. The lowest BCUT2D eigenvalue weighted by Gasteiger charge is -2.30. The summed E-state index contributed by atoms with van der Waals surface area (Å²) in [5.41, 5.74) is 6.01. The molecule has 1 aliphatic heterocycles. The van der Waals surface area contributed by atoms with Crippen molar-refractivity contribution in [2.45, 2.75) is 59.3 Å². The molecule has 0 saturated carbocycles. The molecule has 9 nitrogen and oxygen atoms in total. The highest BCUT2D eigenvalue weighted by Gasteiger charge is 2.27. The van der Waals surface area contributed by atoms with Crippen LogP contribution in [0.5, 0.6) is 11.5 Å². The summed E-state index contributed by atoms with van der Waals surface area (Å²) in [7, 11) is 0. The molecule has 1 aliphatic rings. The third-order valence-electron chi connectivity index (χ3n) is 7.73. The summed E-state index contributed by atoms with van der Waals surface area (Å²) in [5.74, 6) is 2.26. The zero-order valence-electron chi connectivity index (χ0n) is 23.6. The fourth-order valence-corrected chi connectivity index (χ4v) is 5.70. The molecule has 1 unspecified atom stereocenters. The van der Waals surface area contributed by atoms with Crippen molar-refractivity contribution in [1.82, 2.24) is 30.1 Å². The molecule has 0 saturated heterocycles. The van der Waals surface area contributed by atoms with Crippen LogP contribution in [0.15, 0.2) is 71.5 Å². The van der Waals surface area contributed by atoms with Crippen LogP contribution in [0.25, 0.3) is 10.9 Å². The first-order valence-corrected chi connectivity index (χ1v) is 14.0. The van der Waals surface area contributed by atoms with Crippen LogP contribution in [-0.2, 0) is 26.1 Å². The minimum atomic E-state index is -0.125. The van der Waals surface area contributed by atoms with E-state index in [1.807, 2.05) is 60.1 Å². The van der Waals surface area contributed by atoms with Crippen molar-refractivity contribution >= 4 is 10.9 Å². The summed E-state index contributed by atoms with van der Waals surface area (Å²) < 4.78 is 13.1. The first-order chi connectivity index (χ1) is 20.0. The Morgan fingerprint density at radius 3 is 2.63 bits per heavy atom. The van der Waals surface area contributed by atoms with Gasteiger partial charge in [-0.2, -0.15) is 0 Å². The van der Waals surface area contributed by atoms with Crippen molar-refractivity contribution in [1.29, 1.82) is 0 Å². The normalized spacial score (nSPS) is 13.3. The van der Waals surface area contributed by atoms with E-state index in [2.05, 4.69) is 57.5 Å². The number of benzene rings is 3. The Morgan fingerprint density at radius 1 is 0.976 bits per heavy atom. The number of rotatable bonds is 10. The van der Waals surface area contributed by atoms with Crippen LogP contribution in [0, 0.1) is 13.8 Å². The van der Waals surface area contributed by atoms with Crippen molar-refractivity contribution in [3.8, 4) is 11.5 Å². The van der Waals surface area contributed by atoms with E-state index in [0.717, 1.165) is 57.8 Å². The quantitative estimate of drug-likeness (QED) is 0.253. The van der Waals surface area contributed by atoms with Gasteiger partial charge in [-0.3, -0.25) is 9.69 Å². The second-order valence-electron chi connectivity index (χ2n) is 10.7. The average Bonchev–Trinajstić information content (AvgIpc) is 3.63. The minimum absolute atomic E-state index is 0.0864. The topological polar surface area (TPSA) is 98.2 Å². The molecule has 6 rings (SSSR count). The van der Waals surface area contributed by atoms with Gasteiger partial charge in [0.1, 0.15) is 0 Å². The van der Waals surface area contributed by atoms with E-state index in [9.17, 15) is 4.79 Å². The number of pyridine rings is 1. The number of tetrazole rings is 1. The van der Waals surface area contributed by atoms with Gasteiger partial charge in [0, 0.05) is 36.1 Å².